The number of rotatable bonds is 6. The standard InChI is InChI=1S/C15H21Cl2N3O2/c1-11(22-12-2-3-13(16)14(17)10-12)15(21)19-6-9-20-7-4-18-5-8-20/h2-3,10-11,18H,4-9H2,1H3,(H,19,21). The van der Waals surface area contributed by atoms with Crippen molar-refractivity contribution in [3.63, 3.8) is 0 Å². The van der Waals surface area contributed by atoms with E-state index >= 15 is 0 Å². The zero-order valence-electron chi connectivity index (χ0n) is 12.6. The lowest BCUT2D eigenvalue weighted by Gasteiger charge is -2.27. The van der Waals surface area contributed by atoms with E-state index in [4.69, 9.17) is 27.9 Å². The van der Waals surface area contributed by atoms with Crippen LogP contribution in [0.3, 0.4) is 0 Å². The molecule has 2 rings (SSSR count). The number of carbonyl (C=O) groups excluding carboxylic acids is 1. The van der Waals surface area contributed by atoms with Gasteiger partial charge in [0.15, 0.2) is 6.10 Å². The second-order valence-electron chi connectivity index (χ2n) is 5.22. The van der Waals surface area contributed by atoms with Gasteiger partial charge in [0.2, 0.25) is 0 Å². The molecule has 1 aromatic rings. The highest BCUT2D eigenvalue weighted by atomic mass is 35.5. The second kappa shape index (κ2) is 8.58. The minimum Gasteiger partial charge on any atom is -0.481 e. The molecule has 1 unspecified atom stereocenters. The van der Waals surface area contributed by atoms with Crippen LogP contribution < -0.4 is 15.4 Å². The minimum atomic E-state index is -0.583. The van der Waals surface area contributed by atoms with Crippen LogP contribution in [0.25, 0.3) is 0 Å². The van der Waals surface area contributed by atoms with E-state index in [-0.39, 0.29) is 5.91 Å². The van der Waals surface area contributed by atoms with E-state index in [0.29, 0.717) is 22.3 Å². The molecule has 0 bridgehead atoms. The highest BCUT2D eigenvalue weighted by Crippen LogP contribution is 2.26. The van der Waals surface area contributed by atoms with Gasteiger partial charge in [0.1, 0.15) is 5.75 Å². The Morgan fingerprint density at radius 3 is 2.77 bits per heavy atom. The summed E-state index contributed by atoms with van der Waals surface area (Å²) in [5, 5.41) is 7.06. The van der Waals surface area contributed by atoms with E-state index in [1.54, 1.807) is 25.1 Å². The normalized spacial score (nSPS) is 17.0. The van der Waals surface area contributed by atoms with Crippen molar-refractivity contribution in [2.75, 3.05) is 39.3 Å². The zero-order chi connectivity index (χ0) is 15.9. The maximum absolute atomic E-state index is 12.0. The molecule has 0 aliphatic carbocycles. The molecule has 1 saturated heterocycles. The molecule has 5 nitrogen and oxygen atoms in total. The van der Waals surface area contributed by atoms with Crippen molar-refractivity contribution in [2.45, 2.75) is 13.0 Å². The van der Waals surface area contributed by atoms with Gasteiger partial charge in [-0.3, -0.25) is 9.69 Å². The van der Waals surface area contributed by atoms with Crippen LogP contribution >= 0.6 is 23.2 Å². The first-order valence-corrected chi connectivity index (χ1v) is 8.14. The predicted molar refractivity (Wildman–Crippen MR) is 88.9 cm³/mol. The summed E-state index contributed by atoms with van der Waals surface area (Å²) in [6.07, 6.45) is -0.583. The Hall–Kier alpha value is -1.01. The number of hydrogen-bond acceptors (Lipinski definition) is 4. The highest BCUT2D eigenvalue weighted by molar-refractivity contribution is 6.42. The smallest absolute Gasteiger partial charge is 0.260 e. The number of hydrogen-bond donors (Lipinski definition) is 2. The Kier molecular flexibility index (Phi) is 6.76. The molecule has 0 saturated carbocycles. The molecule has 22 heavy (non-hydrogen) atoms. The first kappa shape index (κ1) is 17.3. The van der Waals surface area contributed by atoms with Gasteiger partial charge in [-0.1, -0.05) is 23.2 Å². The average molecular weight is 346 g/mol. The van der Waals surface area contributed by atoms with Crippen molar-refractivity contribution in [3.05, 3.63) is 28.2 Å². The molecule has 1 aromatic carbocycles. The third-order valence-electron chi connectivity index (χ3n) is 3.51. The molecule has 0 spiro atoms. The number of nitrogens with one attached hydrogen (secondary N) is 2. The fraction of sp³-hybridized carbons (Fsp3) is 0.533. The number of carbonyl (C=O) groups is 1. The zero-order valence-corrected chi connectivity index (χ0v) is 14.1. The van der Waals surface area contributed by atoms with Crippen molar-refractivity contribution in [3.8, 4) is 5.75 Å². The summed E-state index contributed by atoms with van der Waals surface area (Å²) in [6, 6.07) is 4.95. The van der Waals surface area contributed by atoms with E-state index < -0.39 is 6.10 Å². The Morgan fingerprint density at radius 2 is 2.09 bits per heavy atom. The van der Waals surface area contributed by atoms with Crippen LogP contribution in [-0.2, 0) is 4.79 Å². The lowest BCUT2D eigenvalue weighted by atomic mass is 10.3. The maximum atomic E-state index is 12.0. The van der Waals surface area contributed by atoms with Crippen LogP contribution in [0.4, 0.5) is 0 Å². The predicted octanol–water partition coefficient (Wildman–Crippen LogP) is 1.78. The quantitative estimate of drug-likeness (QED) is 0.825. The van der Waals surface area contributed by atoms with E-state index in [9.17, 15) is 4.79 Å². The molecular weight excluding hydrogens is 325 g/mol. The molecule has 1 heterocycles. The second-order valence-corrected chi connectivity index (χ2v) is 6.03. The molecule has 0 aromatic heterocycles. The fourth-order valence-electron chi connectivity index (χ4n) is 2.22. The van der Waals surface area contributed by atoms with Crippen LogP contribution in [0.15, 0.2) is 18.2 Å². The van der Waals surface area contributed by atoms with Gasteiger partial charge in [0.25, 0.3) is 5.91 Å². The molecule has 0 radical (unpaired) electrons. The molecule has 1 amide bonds. The number of amides is 1. The van der Waals surface area contributed by atoms with E-state index in [1.807, 2.05) is 0 Å². The van der Waals surface area contributed by atoms with Crippen molar-refractivity contribution in [1.29, 1.82) is 0 Å². The monoisotopic (exact) mass is 345 g/mol. The van der Waals surface area contributed by atoms with Crippen molar-refractivity contribution in [2.24, 2.45) is 0 Å². The topological polar surface area (TPSA) is 53.6 Å². The summed E-state index contributed by atoms with van der Waals surface area (Å²) in [4.78, 5) is 14.3. The summed E-state index contributed by atoms with van der Waals surface area (Å²) in [5.41, 5.74) is 0. The lowest BCUT2D eigenvalue weighted by molar-refractivity contribution is -0.127. The number of ether oxygens (including phenoxy) is 1. The summed E-state index contributed by atoms with van der Waals surface area (Å²) in [7, 11) is 0. The Morgan fingerprint density at radius 1 is 1.36 bits per heavy atom. The summed E-state index contributed by atoms with van der Waals surface area (Å²) < 4.78 is 5.58. The summed E-state index contributed by atoms with van der Waals surface area (Å²) >= 11 is 11.8. The number of nitrogens with zero attached hydrogens (tertiary/aromatic N) is 1. The summed E-state index contributed by atoms with van der Waals surface area (Å²) in [5.74, 6) is 0.389. The molecule has 122 valence electrons. The third-order valence-corrected chi connectivity index (χ3v) is 4.25. The van der Waals surface area contributed by atoms with Crippen molar-refractivity contribution in [1.82, 2.24) is 15.5 Å². The minimum absolute atomic E-state index is 0.138. The van der Waals surface area contributed by atoms with Crippen LogP contribution in [-0.4, -0.2) is 56.2 Å². The van der Waals surface area contributed by atoms with Gasteiger partial charge in [-0.25, -0.2) is 0 Å². The lowest BCUT2D eigenvalue weighted by Crippen LogP contribution is -2.47. The molecule has 1 atom stereocenters. The Labute approximate surface area is 140 Å². The van der Waals surface area contributed by atoms with E-state index in [0.717, 1.165) is 32.7 Å². The van der Waals surface area contributed by atoms with E-state index in [2.05, 4.69) is 15.5 Å². The fourth-order valence-corrected chi connectivity index (χ4v) is 2.51. The van der Waals surface area contributed by atoms with Crippen molar-refractivity contribution < 1.29 is 9.53 Å². The number of piperazine rings is 1. The van der Waals surface area contributed by atoms with Gasteiger partial charge in [0.05, 0.1) is 10.0 Å². The van der Waals surface area contributed by atoms with Gasteiger partial charge < -0.3 is 15.4 Å². The van der Waals surface area contributed by atoms with Crippen LogP contribution in [0.5, 0.6) is 5.75 Å². The van der Waals surface area contributed by atoms with Crippen LogP contribution in [0.1, 0.15) is 6.92 Å². The maximum Gasteiger partial charge on any atom is 0.260 e. The number of benzene rings is 1. The molecule has 1 aliphatic heterocycles. The van der Waals surface area contributed by atoms with Gasteiger partial charge in [-0.15, -0.1) is 0 Å². The van der Waals surface area contributed by atoms with Gasteiger partial charge in [-0.2, -0.15) is 0 Å². The molecule has 2 N–H and O–H groups in total. The molecule has 7 heteroatoms. The summed E-state index contributed by atoms with van der Waals surface area (Å²) in [6.45, 7) is 7.23. The van der Waals surface area contributed by atoms with E-state index in [1.165, 1.54) is 0 Å². The van der Waals surface area contributed by atoms with Gasteiger partial charge in [-0.05, 0) is 19.1 Å². The highest BCUT2D eigenvalue weighted by Gasteiger charge is 2.15. The van der Waals surface area contributed by atoms with Gasteiger partial charge in [0, 0.05) is 45.3 Å². The largest absolute Gasteiger partial charge is 0.481 e. The third kappa shape index (κ3) is 5.32. The average Bonchev–Trinajstić information content (AvgIpc) is 2.52. The Balaban J connectivity index is 1.73. The SMILES string of the molecule is CC(Oc1ccc(Cl)c(Cl)c1)C(=O)NCCN1CCNCC1. The van der Waals surface area contributed by atoms with Crippen molar-refractivity contribution >= 4 is 29.1 Å². The van der Waals surface area contributed by atoms with Crippen LogP contribution in [0.2, 0.25) is 10.0 Å². The molecule has 1 aliphatic rings. The first-order valence-electron chi connectivity index (χ1n) is 7.39. The molecular formula is C15H21Cl2N3O2. The number of halogens is 2. The Bertz CT molecular complexity index is 508. The first-order chi connectivity index (χ1) is 10.6. The van der Waals surface area contributed by atoms with Gasteiger partial charge >= 0.3 is 0 Å². The van der Waals surface area contributed by atoms with Crippen LogP contribution in [0, 0.1) is 0 Å². The molecule has 1 fully saturated rings.